The molecular weight excluding hydrogens is 144 g/mol. The molecule has 1 N–H and O–H groups in total. The fraction of sp³-hybridized carbons (Fsp3) is 1.00. The first-order valence-corrected chi connectivity index (χ1v) is 5.13. The van der Waals surface area contributed by atoms with Gasteiger partial charge in [0.2, 0.25) is 0 Å². The molecule has 1 saturated carbocycles. The molecule has 2 aliphatic rings. The molecule has 0 aromatic carbocycles. The van der Waals surface area contributed by atoms with Gasteiger partial charge in [-0.2, -0.15) is 11.8 Å². The van der Waals surface area contributed by atoms with Gasteiger partial charge in [-0.1, -0.05) is 6.92 Å². The minimum absolute atomic E-state index is 0.422. The SMILES string of the molecule is CC1CSCC12CC2CO. The van der Waals surface area contributed by atoms with Gasteiger partial charge in [0.05, 0.1) is 0 Å². The predicted octanol–water partition coefficient (Wildman–Crippen LogP) is 1.37. The maximum atomic E-state index is 8.94. The molecule has 1 nitrogen and oxygen atoms in total. The Morgan fingerprint density at radius 3 is 2.90 bits per heavy atom. The molecular formula is C8H14OS. The van der Waals surface area contributed by atoms with Crippen LogP contribution in [0.3, 0.4) is 0 Å². The minimum atomic E-state index is 0.422. The molecule has 1 spiro atoms. The molecule has 2 fully saturated rings. The van der Waals surface area contributed by atoms with Crippen molar-refractivity contribution in [1.29, 1.82) is 0 Å². The Bertz CT molecular complexity index is 148. The predicted molar refractivity (Wildman–Crippen MR) is 44.1 cm³/mol. The van der Waals surface area contributed by atoms with E-state index in [1.807, 2.05) is 0 Å². The van der Waals surface area contributed by atoms with E-state index in [-0.39, 0.29) is 0 Å². The van der Waals surface area contributed by atoms with Crippen LogP contribution in [0.5, 0.6) is 0 Å². The fourth-order valence-electron chi connectivity index (χ4n) is 2.16. The van der Waals surface area contributed by atoms with E-state index in [2.05, 4.69) is 18.7 Å². The van der Waals surface area contributed by atoms with Crippen LogP contribution in [0.15, 0.2) is 0 Å². The highest BCUT2D eigenvalue weighted by Gasteiger charge is 2.58. The lowest BCUT2D eigenvalue weighted by Gasteiger charge is -2.12. The summed E-state index contributed by atoms with van der Waals surface area (Å²) in [5.41, 5.74) is 0.583. The van der Waals surface area contributed by atoms with Crippen molar-refractivity contribution in [3.8, 4) is 0 Å². The number of rotatable bonds is 1. The molecule has 1 saturated heterocycles. The molecule has 10 heavy (non-hydrogen) atoms. The smallest absolute Gasteiger partial charge is 0.0465 e. The van der Waals surface area contributed by atoms with Gasteiger partial charge in [0, 0.05) is 6.61 Å². The van der Waals surface area contributed by atoms with E-state index in [9.17, 15) is 0 Å². The van der Waals surface area contributed by atoms with E-state index in [0.29, 0.717) is 17.9 Å². The summed E-state index contributed by atoms with van der Waals surface area (Å²) >= 11 is 2.06. The van der Waals surface area contributed by atoms with Crippen molar-refractivity contribution in [2.75, 3.05) is 18.1 Å². The third-order valence-corrected chi connectivity index (χ3v) is 4.70. The number of aliphatic hydroxyl groups is 1. The van der Waals surface area contributed by atoms with Crippen molar-refractivity contribution in [2.45, 2.75) is 13.3 Å². The molecule has 2 heteroatoms. The lowest BCUT2D eigenvalue weighted by molar-refractivity contribution is 0.240. The Labute approximate surface area is 66.2 Å². The molecule has 1 heterocycles. The second-order valence-electron chi connectivity index (χ2n) is 3.73. The van der Waals surface area contributed by atoms with E-state index < -0.39 is 0 Å². The van der Waals surface area contributed by atoms with Gasteiger partial charge in [0.15, 0.2) is 0 Å². The van der Waals surface area contributed by atoms with E-state index in [0.717, 1.165) is 5.92 Å². The number of hydrogen-bond donors (Lipinski definition) is 1. The standard InChI is InChI=1S/C8H14OS/c1-6-4-10-5-8(6)2-7(8)3-9/h6-7,9H,2-5H2,1H3. The zero-order chi connectivity index (χ0) is 7.19. The maximum absolute atomic E-state index is 8.94. The Morgan fingerprint density at radius 1 is 1.70 bits per heavy atom. The number of hydrogen-bond acceptors (Lipinski definition) is 2. The first-order valence-electron chi connectivity index (χ1n) is 3.98. The van der Waals surface area contributed by atoms with Crippen LogP contribution in [-0.2, 0) is 0 Å². The van der Waals surface area contributed by atoms with Gasteiger partial charge in [-0.3, -0.25) is 0 Å². The van der Waals surface area contributed by atoms with Crippen molar-refractivity contribution < 1.29 is 5.11 Å². The Hall–Kier alpha value is 0.310. The molecule has 1 aliphatic carbocycles. The third kappa shape index (κ3) is 0.751. The molecule has 1 aliphatic heterocycles. The van der Waals surface area contributed by atoms with Crippen molar-refractivity contribution in [3.63, 3.8) is 0 Å². The largest absolute Gasteiger partial charge is 0.396 e. The van der Waals surface area contributed by atoms with E-state index in [1.165, 1.54) is 17.9 Å². The molecule has 0 aromatic heterocycles. The topological polar surface area (TPSA) is 20.2 Å². The van der Waals surface area contributed by atoms with Crippen LogP contribution in [0.25, 0.3) is 0 Å². The van der Waals surface area contributed by atoms with Crippen LogP contribution in [0.2, 0.25) is 0 Å². The molecule has 58 valence electrons. The first-order chi connectivity index (χ1) is 4.79. The molecule has 3 unspecified atom stereocenters. The molecule has 2 rings (SSSR count). The Kier molecular flexibility index (Phi) is 1.50. The zero-order valence-corrected chi connectivity index (χ0v) is 7.16. The summed E-state index contributed by atoms with van der Waals surface area (Å²) in [5.74, 6) is 4.13. The first kappa shape index (κ1) is 6.99. The van der Waals surface area contributed by atoms with Gasteiger partial charge in [0.25, 0.3) is 0 Å². The summed E-state index contributed by atoms with van der Waals surface area (Å²) in [6.45, 7) is 2.75. The van der Waals surface area contributed by atoms with Gasteiger partial charge in [-0.25, -0.2) is 0 Å². The summed E-state index contributed by atoms with van der Waals surface area (Å²) in [4.78, 5) is 0. The van der Waals surface area contributed by atoms with Crippen LogP contribution < -0.4 is 0 Å². The van der Waals surface area contributed by atoms with Crippen molar-refractivity contribution in [1.82, 2.24) is 0 Å². The third-order valence-electron chi connectivity index (χ3n) is 3.22. The monoisotopic (exact) mass is 158 g/mol. The van der Waals surface area contributed by atoms with Gasteiger partial charge in [-0.15, -0.1) is 0 Å². The summed E-state index contributed by atoms with van der Waals surface area (Å²) < 4.78 is 0. The second-order valence-corrected chi connectivity index (χ2v) is 4.76. The molecule has 3 atom stereocenters. The van der Waals surface area contributed by atoms with Crippen LogP contribution in [0.4, 0.5) is 0 Å². The van der Waals surface area contributed by atoms with Gasteiger partial charge in [0.1, 0.15) is 0 Å². The summed E-state index contributed by atoms with van der Waals surface area (Å²) in [5, 5.41) is 8.94. The van der Waals surface area contributed by atoms with Crippen molar-refractivity contribution in [3.05, 3.63) is 0 Å². The average molecular weight is 158 g/mol. The number of aliphatic hydroxyl groups excluding tert-OH is 1. The zero-order valence-electron chi connectivity index (χ0n) is 6.34. The highest BCUT2D eigenvalue weighted by molar-refractivity contribution is 7.99. The molecule has 0 aromatic rings. The van der Waals surface area contributed by atoms with Crippen molar-refractivity contribution in [2.24, 2.45) is 17.3 Å². The van der Waals surface area contributed by atoms with Gasteiger partial charge >= 0.3 is 0 Å². The van der Waals surface area contributed by atoms with Gasteiger partial charge < -0.3 is 5.11 Å². The van der Waals surface area contributed by atoms with Crippen molar-refractivity contribution >= 4 is 11.8 Å². The lowest BCUT2D eigenvalue weighted by atomic mass is 9.92. The summed E-state index contributed by atoms with van der Waals surface area (Å²) in [7, 11) is 0. The van der Waals surface area contributed by atoms with E-state index >= 15 is 0 Å². The maximum Gasteiger partial charge on any atom is 0.0465 e. The van der Waals surface area contributed by atoms with Crippen LogP contribution in [-0.4, -0.2) is 23.2 Å². The second kappa shape index (κ2) is 2.15. The quantitative estimate of drug-likeness (QED) is 0.622. The fourth-order valence-corrected chi connectivity index (χ4v) is 3.98. The van der Waals surface area contributed by atoms with Gasteiger partial charge in [-0.05, 0) is 35.2 Å². The molecule has 0 bridgehead atoms. The Balaban J connectivity index is 2.04. The van der Waals surface area contributed by atoms with Crippen LogP contribution in [0.1, 0.15) is 13.3 Å². The summed E-state index contributed by atoms with van der Waals surface area (Å²) in [6.07, 6.45) is 1.29. The normalized spacial score (nSPS) is 52.2. The lowest BCUT2D eigenvalue weighted by Crippen LogP contribution is -2.13. The highest BCUT2D eigenvalue weighted by atomic mass is 32.2. The number of thioether (sulfide) groups is 1. The average Bonchev–Trinajstić information content (AvgIpc) is 2.52. The molecule has 0 amide bonds. The van der Waals surface area contributed by atoms with E-state index in [4.69, 9.17) is 5.11 Å². The van der Waals surface area contributed by atoms with Crippen LogP contribution in [0, 0.1) is 17.3 Å². The van der Waals surface area contributed by atoms with Crippen LogP contribution >= 0.6 is 11.8 Å². The van der Waals surface area contributed by atoms with E-state index in [1.54, 1.807) is 0 Å². The Morgan fingerprint density at radius 2 is 2.50 bits per heavy atom. The summed E-state index contributed by atoms with van der Waals surface area (Å²) in [6, 6.07) is 0. The highest BCUT2D eigenvalue weighted by Crippen LogP contribution is 2.63. The molecule has 0 radical (unpaired) electrons. The minimum Gasteiger partial charge on any atom is -0.396 e.